The summed E-state index contributed by atoms with van der Waals surface area (Å²) in [7, 11) is 0. The molecule has 0 saturated carbocycles. The third-order valence-electron chi connectivity index (χ3n) is 4.11. The van der Waals surface area contributed by atoms with Gasteiger partial charge in [0, 0.05) is 24.3 Å². The molecular weight excluding hydrogens is 354 g/mol. The van der Waals surface area contributed by atoms with Crippen molar-refractivity contribution in [2.75, 3.05) is 6.61 Å². The van der Waals surface area contributed by atoms with E-state index in [1.54, 1.807) is 6.20 Å². The van der Waals surface area contributed by atoms with Crippen LogP contribution in [0.5, 0.6) is 11.6 Å². The average molecular weight is 386 g/mol. The maximum absolute atomic E-state index is 12.2. The van der Waals surface area contributed by atoms with Crippen molar-refractivity contribution in [3.05, 3.63) is 53.7 Å². The molecule has 2 amide bonds. The molecule has 0 spiro atoms. The Balaban J connectivity index is 1.74. The number of ether oxygens (including phenoxy) is 2. The fourth-order valence-corrected chi connectivity index (χ4v) is 2.74. The highest BCUT2D eigenvalue weighted by atomic mass is 16.5. The summed E-state index contributed by atoms with van der Waals surface area (Å²) in [6.45, 7) is 8.85. The first kappa shape index (κ1) is 21.5. The number of benzene rings is 1. The minimum atomic E-state index is -0.195. The standard InChI is InChI=1S/C22H31N3O3/c1-5-27-21-19(7-6-14-23-21)15-24-22(26)25-17(4)8-9-18-10-12-20(13-11-18)28-16(2)3/h6-7,10-14,16-17H,5,8-9,15H2,1-4H3,(H2,24,25,26). The van der Waals surface area contributed by atoms with Crippen LogP contribution in [-0.2, 0) is 13.0 Å². The van der Waals surface area contributed by atoms with Gasteiger partial charge in [-0.2, -0.15) is 0 Å². The van der Waals surface area contributed by atoms with Crippen molar-refractivity contribution < 1.29 is 14.3 Å². The number of carbonyl (C=O) groups is 1. The van der Waals surface area contributed by atoms with E-state index in [4.69, 9.17) is 9.47 Å². The molecule has 1 heterocycles. The molecule has 0 aliphatic heterocycles. The summed E-state index contributed by atoms with van der Waals surface area (Å²) in [4.78, 5) is 16.3. The number of pyridine rings is 1. The van der Waals surface area contributed by atoms with Crippen molar-refractivity contribution in [2.45, 2.75) is 59.2 Å². The molecule has 0 bridgehead atoms. The largest absolute Gasteiger partial charge is 0.491 e. The molecule has 6 heteroatoms. The Morgan fingerprint density at radius 1 is 1.14 bits per heavy atom. The molecule has 1 aromatic heterocycles. The molecule has 0 aliphatic carbocycles. The molecule has 0 saturated heterocycles. The van der Waals surface area contributed by atoms with Crippen LogP contribution >= 0.6 is 0 Å². The van der Waals surface area contributed by atoms with Crippen molar-refractivity contribution in [2.24, 2.45) is 0 Å². The minimum Gasteiger partial charge on any atom is -0.491 e. The summed E-state index contributed by atoms with van der Waals surface area (Å²) in [5.41, 5.74) is 2.08. The van der Waals surface area contributed by atoms with Gasteiger partial charge in [-0.1, -0.05) is 18.2 Å². The number of nitrogens with zero attached hydrogens (tertiary/aromatic N) is 1. The molecule has 152 valence electrons. The summed E-state index contributed by atoms with van der Waals surface area (Å²) in [6.07, 6.45) is 3.60. The van der Waals surface area contributed by atoms with E-state index in [1.165, 1.54) is 5.56 Å². The number of urea groups is 1. The van der Waals surface area contributed by atoms with E-state index in [1.807, 2.05) is 52.0 Å². The van der Waals surface area contributed by atoms with Crippen LogP contribution in [0.4, 0.5) is 4.79 Å². The zero-order chi connectivity index (χ0) is 20.4. The molecule has 0 radical (unpaired) electrons. The lowest BCUT2D eigenvalue weighted by molar-refractivity contribution is 0.236. The maximum Gasteiger partial charge on any atom is 0.315 e. The van der Waals surface area contributed by atoms with Gasteiger partial charge in [-0.05, 0) is 64.3 Å². The van der Waals surface area contributed by atoms with E-state index in [-0.39, 0.29) is 18.2 Å². The Kier molecular flexibility index (Phi) is 8.59. The van der Waals surface area contributed by atoms with Gasteiger partial charge in [0.2, 0.25) is 5.88 Å². The normalized spacial score (nSPS) is 11.8. The maximum atomic E-state index is 12.2. The number of aryl methyl sites for hydroxylation is 1. The highest BCUT2D eigenvalue weighted by Crippen LogP contribution is 2.16. The van der Waals surface area contributed by atoms with Crippen molar-refractivity contribution in [3.63, 3.8) is 0 Å². The molecule has 1 unspecified atom stereocenters. The second-order valence-electron chi connectivity index (χ2n) is 6.98. The van der Waals surface area contributed by atoms with Crippen molar-refractivity contribution in [1.29, 1.82) is 0 Å². The van der Waals surface area contributed by atoms with Gasteiger partial charge in [0.15, 0.2) is 0 Å². The summed E-state index contributed by atoms with van der Waals surface area (Å²) in [5, 5.41) is 5.84. The number of rotatable bonds is 10. The molecule has 0 aliphatic rings. The van der Waals surface area contributed by atoms with Crippen LogP contribution in [0.1, 0.15) is 45.2 Å². The molecule has 28 heavy (non-hydrogen) atoms. The Morgan fingerprint density at radius 2 is 1.89 bits per heavy atom. The van der Waals surface area contributed by atoms with Gasteiger partial charge < -0.3 is 20.1 Å². The van der Waals surface area contributed by atoms with Crippen LogP contribution in [0, 0.1) is 0 Å². The summed E-state index contributed by atoms with van der Waals surface area (Å²) in [6, 6.07) is 11.7. The number of hydrogen-bond acceptors (Lipinski definition) is 4. The first-order valence-corrected chi connectivity index (χ1v) is 9.84. The van der Waals surface area contributed by atoms with Gasteiger partial charge in [0.1, 0.15) is 5.75 Å². The predicted octanol–water partition coefficient (Wildman–Crippen LogP) is 4.09. The molecule has 2 N–H and O–H groups in total. The Bertz CT molecular complexity index is 732. The van der Waals surface area contributed by atoms with Gasteiger partial charge in [0.05, 0.1) is 12.7 Å². The lowest BCUT2D eigenvalue weighted by atomic mass is 10.1. The number of aromatic nitrogens is 1. The Labute approximate surface area is 167 Å². The van der Waals surface area contributed by atoms with Gasteiger partial charge >= 0.3 is 6.03 Å². The fourth-order valence-electron chi connectivity index (χ4n) is 2.74. The lowest BCUT2D eigenvalue weighted by Crippen LogP contribution is -2.40. The monoisotopic (exact) mass is 385 g/mol. The second kappa shape index (κ2) is 11.2. The number of amides is 2. The molecule has 6 nitrogen and oxygen atoms in total. The topological polar surface area (TPSA) is 72.5 Å². The van der Waals surface area contributed by atoms with Crippen molar-refractivity contribution in [1.82, 2.24) is 15.6 Å². The smallest absolute Gasteiger partial charge is 0.315 e. The zero-order valence-electron chi connectivity index (χ0n) is 17.2. The fraction of sp³-hybridized carbons (Fsp3) is 0.455. The molecular formula is C22H31N3O3. The first-order chi connectivity index (χ1) is 13.5. The Morgan fingerprint density at radius 3 is 2.57 bits per heavy atom. The number of nitrogens with one attached hydrogen (secondary N) is 2. The van der Waals surface area contributed by atoms with E-state index < -0.39 is 0 Å². The van der Waals surface area contributed by atoms with E-state index in [2.05, 4.69) is 27.8 Å². The summed E-state index contributed by atoms with van der Waals surface area (Å²) >= 11 is 0. The lowest BCUT2D eigenvalue weighted by Gasteiger charge is -2.16. The highest BCUT2D eigenvalue weighted by molar-refractivity contribution is 5.74. The molecule has 1 aromatic carbocycles. The minimum absolute atomic E-state index is 0.0619. The number of hydrogen-bond donors (Lipinski definition) is 2. The third-order valence-corrected chi connectivity index (χ3v) is 4.11. The average Bonchev–Trinajstić information content (AvgIpc) is 2.66. The van der Waals surface area contributed by atoms with Crippen molar-refractivity contribution >= 4 is 6.03 Å². The highest BCUT2D eigenvalue weighted by Gasteiger charge is 2.10. The van der Waals surface area contributed by atoms with Crippen LogP contribution in [0.3, 0.4) is 0 Å². The second-order valence-corrected chi connectivity index (χ2v) is 6.98. The third kappa shape index (κ3) is 7.47. The van der Waals surface area contributed by atoms with Crippen LogP contribution in [0.25, 0.3) is 0 Å². The van der Waals surface area contributed by atoms with Crippen molar-refractivity contribution in [3.8, 4) is 11.6 Å². The molecule has 2 aromatic rings. The zero-order valence-corrected chi connectivity index (χ0v) is 17.2. The summed E-state index contributed by atoms with van der Waals surface area (Å²) in [5.74, 6) is 1.44. The van der Waals surface area contributed by atoms with Gasteiger partial charge in [-0.3, -0.25) is 0 Å². The van der Waals surface area contributed by atoms with Crippen LogP contribution < -0.4 is 20.1 Å². The molecule has 0 fully saturated rings. The first-order valence-electron chi connectivity index (χ1n) is 9.84. The molecule has 2 rings (SSSR count). The van der Waals surface area contributed by atoms with Gasteiger partial charge in [0.25, 0.3) is 0 Å². The SMILES string of the molecule is CCOc1ncccc1CNC(=O)NC(C)CCc1ccc(OC(C)C)cc1. The van der Waals surface area contributed by atoms with E-state index >= 15 is 0 Å². The van der Waals surface area contributed by atoms with Crippen LogP contribution in [0.2, 0.25) is 0 Å². The van der Waals surface area contributed by atoms with E-state index in [0.717, 1.165) is 24.2 Å². The Hall–Kier alpha value is -2.76. The van der Waals surface area contributed by atoms with Gasteiger partial charge in [-0.25, -0.2) is 9.78 Å². The van der Waals surface area contributed by atoms with Crippen LogP contribution in [0.15, 0.2) is 42.6 Å². The molecule has 1 atom stereocenters. The summed E-state index contributed by atoms with van der Waals surface area (Å²) < 4.78 is 11.1. The predicted molar refractivity (Wildman–Crippen MR) is 111 cm³/mol. The van der Waals surface area contributed by atoms with E-state index in [0.29, 0.717) is 19.0 Å². The quantitative estimate of drug-likeness (QED) is 0.646. The number of carbonyl (C=O) groups excluding carboxylic acids is 1. The van der Waals surface area contributed by atoms with E-state index in [9.17, 15) is 4.79 Å². The van der Waals surface area contributed by atoms with Crippen LogP contribution in [-0.4, -0.2) is 29.8 Å². The van der Waals surface area contributed by atoms with Gasteiger partial charge in [-0.15, -0.1) is 0 Å².